The van der Waals surface area contributed by atoms with Crippen molar-refractivity contribution in [3.05, 3.63) is 77.9 Å². The molecule has 0 heterocycles. The van der Waals surface area contributed by atoms with Gasteiger partial charge in [0.1, 0.15) is 0 Å². The van der Waals surface area contributed by atoms with E-state index in [1.165, 1.54) is 6.92 Å². The maximum atomic E-state index is 12.3. The third-order valence-electron chi connectivity index (χ3n) is 4.06. The van der Waals surface area contributed by atoms with Crippen molar-refractivity contribution in [3.63, 3.8) is 0 Å². The van der Waals surface area contributed by atoms with Crippen LogP contribution in [0.3, 0.4) is 0 Å². The number of hydrogen-bond donors (Lipinski definition) is 0. The Morgan fingerprint density at radius 2 is 1.61 bits per heavy atom. The van der Waals surface area contributed by atoms with Crippen molar-refractivity contribution in [1.29, 1.82) is 0 Å². The minimum Gasteiger partial charge on any atom is -0.454 e. The number of carbonyl (C=O) groups excluding carboxylic acids is 2. The van der Waals surface area contributed by atoms with Gasteiger partial charge in [0.2, 0.25) is 0 Å². The molecule has 2 aromatic rings. The second kappa shape index (κ2) is 6.61. The zero-order valence-electron chi connectivity index (χ0n) is 12.9. The SMILES string of the molecule is CC(=O)O[C@@H]1C[C@H](c2ccccc2)C(c2ccccc2)=CC1=O. The van der Waals surface area contributed by atoms with Crippen LogP contribution in [0.1, 0.15) is 30.4 Å². The van der Waals surface area contributed by atoms with Crippen LogP contribution < -0.4 is 0 Å². The number of ether oxygens (including phenoxy) is 1. The molecule has 3 heteroatoms. The molecule has 1 aliphatic carbocycles. The highest BCUT2D eigenvalue weighted by Crippen LogP contribution is 2.39. The van der Waals surface area contributed by atoms with Crippen LogP contribution in [0.4, 0.5) is 0 Å². The quantitative estimate of drug-likeness (QED) is 0.811. The number of rotatable bonds is 3. The molecule has 116 valence electrons. The molecule has 0 saturated heterocycles. The molecule has 2 atom stereocenters. The molecule has 0 radical (unpaired) electrons. The van der Waals surface area contributed by atoms with Gasteiger partial charge in [0.25, 0.3) is 0 Å². The predicted octanol–water partition coefficient (Wildman–Crippen LogP) is 3.76. The Kier molecular flexibility index (Phi) is 4.38. The second-order valence-electron chi connectivity index (χ2n) is 5.67. The average Bonchev–Trinajstić information content (AvgIpc) is 2.57. The van der Waals surface area contributed by atoms with E-state index >= 15 is 0 Å². The van der Waals surface area contributed by atoms with Crippen molar-refractivity contribution in [1.82, 2.24) is 0 Å². The molecule has 3 nitrogen and oxygen atoms in total. The molecule has 2 aromatic carbocycles. The summed E-state index contributed by atoms with van der Waals surface area (Å²) in [6.07, 6.45) is 1.40. The third-order valence-corrected chi connectivity index (χ3v) is 4.06. The van der Waals surface area contributed by atoms with E-state index in [4.69, 9.17) is 4.74 Å². The van der Waals surface area contributed by atoms with Crippen molar-refractivity contribution in [2.45, 2.75) is 25.4 Å². The van der Waals surface area contributed by atoms with E-state index in [1.807, 2.05) is 60.7 Å². The Bertz CT molecular complexity index is 732. The molecule has 0 amide bonds. The summed E-state index contributed by atoms with van der Waals surface area (Å²) in [6, 6.07) is 19.9. The lowest BCUT2D eigenvalue weighted by atomic mass is 9.78. The van der Waals surface area contributed by atoms with Crippen LogP contribution >= 0.6 is 0 Å². The summed E-state index contributed by atoms with van der Waals surface area (Å²) in [4.78, 5) is 23.6. The standard InChI is InChI=1S/C20H18O3/c1-14(21)23-20-13-18(16-10-6-3-7-11-16)17(12-19(20)22)15-8-4-2-5-9-15/h2-12,18,20H,13H2,1H3/t18-,20-/m1/s1. The van der Waals surface area contributed by atoms with Gasteiger partial charge in [0.05, 0.1) is 0 Å². The number of ketones is 1. The van der Waals surface area contributed by atoms with E-state index in [2.05, 4.69) is 0 Å². The van der Waals surface area contributed by atoms with Gasteiger partial charge >= 0.3 is 5.97 Å². The Morgan fingerprint density at radius 1 is 1.00 bits per heavy atom. The molecule has 0 aliphatic heterocycles. The van der Waals surface area contributed by atoms with Crippen molar-refractivity contribution < 1.29 is 14.3 Å². The highest BCUT2D eigenvalue weighted by atomic mass is 16.5. The molecule has 0 unspecified atom stereocenters. The molecule has 23 heavy (non-hydrogen) atoms. The van der Waals surface area contributed by atoms with Crippen LogP contribution in [0.15, 0.2) is 66.7 Å². The van der Waals surface area contributed by atoms with Crippen LogP contribution in [0.25, 0.3) is 5.57 Å². The maximum absolute atomic E-state index is 12.3. The third kappa shape index (κ3) is 3.39. The minimum absolute atomic E-state index is 0.0284. The van der Waals surface area contributed by atoms with Gasteiger partial charge in [0.15, 0.2) is 11.9 Å². The van der Waals surface area contributed by atoms with Crippen LogP contribution in [-0.4, -0.2) is 17.9 Å². The van der Waals surface area contributed by atoms with Crippen LogP contribution in [0, 0.1) is 0 Å². The van der Waals surface area contributed by atoms with Crippen molar-refractivity contribution in [3.8, 4) is 0 Å². The minimum atomic E-state index is -0.704. The van der Waals surface area contributed by atoms with Gasteiger partial charge < -0.3 is 4.74 Å². The van der Waals surface area contributed by atoms with Gasteiger partial charge in [-0.15, -0.1) is 0 Å². The number of hydrogen-bond acceptors (Lipinski definition) is 3. The van der Waals surface area contributed by atoms with Crippen LogP contribution in [-0.2, 0) is 14.3 Å². The first-order valence-electron chi connectivity index (χ1n) is 7.68. The summed E-state index contributed by atoms with van der Waals surface area (Å²) in [5.41, 5.74) is 3.12. The Balaban J connectivity index is 2.03. The lowest BCUT2D eigenvalue weighted by Gasteiger charge is -2.29. The fraction of sp³-hybridized carbons (Fsp3) is 0.200. The van der Waals surface area contributed by atoms with E-state index in [0.717, 1.165) is 16.7 Å². The van der Waals surface area contributed by atoms with Gasteiger partial charge in [0, 0.05) is 19.3 Å². The molecule has 1 aliphatic rings. The van der Waals surface area contributed by atoms with Gasteiger partial charge in [-0.1, -0.05) is 60.7 Å². The van der Waals surface area contributed by atoms with Crippen molar-refractivity contribution in [2.75, 3.05) is 0 Å². The monoisotopic (exact) mass is 306 g/mol. The normalized spacial score (nSPS) is 20.7. The predicted molar refractivity (Wildman–Crippen MR) is 88.8 cm³/mol. The average molecular weight is 306 g/mol. The van der Waals surface area contributed by atoms with Gasteiger partial charge in [-0.25, -0.2) is 0 Å². The van der Waals surface area contributed by atoms with E-state index in [-0.39, 0.29) is 11.7 Å². The number of esters is 1. The van der Waals surface area contributed by atoms with Gasteiger partial charge in [-0.2, -0.15) is 0 Å². The Hall–Kier alpha value is -2.68. The fourth-order valence-electron chi connectivity index (χ4n) is 3.03. The molecular weight excluding hydrogens is 288 g/mol. The zero-order chi connectivity index (χ0) is 16.2. The lowest BCUT2D eigenvalue weighted by molar-refractivity contribution is -0.152. The summed E-state index contributed by atoms with van der Waals surface area (Å²) in [5.74, 6) is -0.543. The van der Waals surface area contributed by atoms with Crippen molar-refractivity contribution >= 4 is 17.3 Å². The molecule has 3 rings (SSSR count). The molecule has 0 spiro atoms. The first-order valence-corrected chi connectivity index (χ1v) is 7.68. The smallest absolute Gasteiger partial charge is 0.303 e. The number of benzene rings is 2. The summed E-state index contributed by atoms with van der Waals surface area (Å²) < 4.78 is 5.21. The topological polar surface area (TPSA) is 43.4 Å². The molecule has 0 aromatic heterocycles. The second-order valence-corrected chi connectivity index (χ2v) is 5.67. The van der Waals surface area contributed by atoms with Crippen LogP contribution in [0.5, 0.6) is 0 Å². The summed E-state index contributed by atoms with van der Waals surface area (Å²) in [7, 11) is 0. The first kappa shape index (κ1) is 15.2. The van der Waals surface area contributed by atoms with E-state index in [1.54, 1.807) is 6.08 Å². The summed E-state index contributed by atoms with van der Waals surface area (Å²) in [6.45, 7) is 1.33. The van der Waals surface area contributed by atoms with E-state index in [9.17, 15) is 9.59 Å². The summed E-state index contributed by atoms with van der Waals surface area (Å²) >= 11 is 0. The van der Waals surface area contributed by atoms with Gasteiger partial charge in [-0.05, 0) is 22.8 Å². The first-order chi connectivity index (χ1) is 11.1. The maximum Gasteiger partial charge on any atom is 0.303 e. The summed E-state index contributed by atoms with van der Waals surface area (Å²) in [5, 5.41) is 0. The highest BCUT2D eigenvalue weighted by molar-refractivity contribution is 6.03. The van der Waals surface area contributed by atoms with Gasteiger partial charge in [-0.3, -0.25) is 9.59 Å². The van der Waals surface area contributed by atoms with E-state index in [0.29, 0.717) is 6.42 Å². The molecule has 0 N–H and O–H groups in total. The van der Waals surface area contributed by atoms with Crippen LogP contribution in [0.2, 0.25) is 0 Å². The lowest BCUT2D eigenvalue weighted by Crippen LogP contribution is -2.31. The fourth-order valence-corrected chi connectivity index (χ4v) is 3.03. The Morgan fingerprint density at radius 3 is 2.22 bits per heavy atom. The van der Waals surface area contributed by atoms with Crippen molar-refractivity contribution in [2.24, 2.45) is 0 Å². The number of allylic oxidation sites excluding steroid dienone is 1. The van der Waals surface area contributed by atoms with E-state index < -0.39 is 12.1 Å². The largest absolute Gasteiger partial charge is 0.454 e. The highest BCUT2D eigenvalue weighted by Gasteiger charge is 2.33. The zero-order valence-corrected chi connectivity index (χ0v) is 12.9. The number of carbonyl (C=O) groups is 2. The molecular formula is C20H18O3. The molecule has 0 fully saturated rings. The molecule has 0 saturated carbocycles. The molecule has 0 bridgehead atoms. The Labute approximate surface area is 135 Å².